The molecular formula is C23H24Cl2N4. The zero-order chi connectivity index (χ0) is 19.8. The molecule has 6 heteroatoms. The molecule has 2 N–H and O–H groups in total. The second kappa shape index (κ2) is 7.84. The van der Waals surface area contributed by atoms with E-state index in [-0.39, 0.29) is 0 Å². The third-order valence-electron chi connectivity index (χ3n) is 6.43. The predicted octanol–water partition coefficient (Wildman–Crippen LogP) is 5.42. The highest BCUT2D eigenvalue weighted by molar-refractivity contribution is 6.34. The first-order chi connectivity index (χ1) is 14.1. The second-order valence-electron chi connectivity index (χ2n) is 8.39. The molecule has 1 spiro atoms. The molecule has 1 aromatic heterocycles. The zero-order valence-corrected chi connectivity index (χ0v) is 17.7. The molecule has 0 atom stereocenters. The summed E-state index contributed by atoms with van der Waals surface area (Å²) in [5.41, 5.74) is 12.5. The van der Waals surface area contributed by atoms with E-state index in [1.165, 1.54) is 37.7 Å². The van der Waals surface area contributed by atoms with Gasteiger partial charge >= 0.3 is 0 Å². The smallest absolute Gasteiger partial charge is 0.0924 e. The van der Waals surface area contributed by atoms with Crippen LogP contribution in [0.2, 0.25) is 10.0 Å². The van der Waals surface area contributed by atoms with Crippen molar-refractivity contribution in [3.63, 3.8) is 0 Å². The molecule has 0 bridgehead atoms. The Kier molecular flexibility index (Phi) is 5.21. The molecule has 5 rings (SSSR count). The summed E-state index contributed by atoms with van der Waals surface area (Å²) in [5, 5.41) is 1.29. The van der Waals surface area contributed by atoms with Crippen LogP contribution in [0.5, 0.6) is 0 Å². The minimum absolute atomic E-state index is 0.295. The third kappa shape index (κ3) is 3.99. The molecule has 4 nitrogen and oxygen atoms in total. The molecule has 2 fully saturated rings. The van der Waals surface area contributed by atoms with Crippen molar-refractivity contribution in [1.82, 2.24) is 20.8 Å². The van der Waals surface area contributed by atoms with Gasteiger partial charge in [-0.3, -0.25) is 15.8 Å². The summed E-state index contributed by atoms with van der Waals surface area (Å²) in [6, 6.07) is 12.0. The van der Waals surface area contributed by atoms with Gasteiger partial charge in [0.1, 0.15) is 0 Å². The largest absolute Gasteiger partial charge is 0.257 e. The maximum Gasteiger partial charge on any atom is 0.0924 e. The van der Waals surface area contributed by atoms with Crippen LogP contribution in [0.25, 0.3) is 11.0 Å². The number of fused-ring (bicyclic) bond motifs is 1. The van der Waals surface area contributed by atoms with Gasteiger partial charge in [0.25, 0.3) is 0 Å². The van der Waals surface area contributed by atoms with Crippen molar-refractivity contribution < 1.29 is 0 Å². The highest BCUT2D eigenvalue weighted by Gasteiger charge is 2.38. The summed E-state index contributed by atoms with van der Waals surface area (Å²) in [6.45, 7) is 1.07. The Morgan fingerprint density at radius 3 is 2.55 bits per heavy atom. The van der Waals surface area contributed by atoms with Crippen molar-refractivity contribution in [1.29, 1.82) is 0 Å². The molecule has 1 saturated heterocycles. The molecule has 1 aliphatic carbocycles. The van der Waals surface area contributed by atoms with Crippen molar-refractivity contribution in [2.45, 2.75) is 50.0 Å². The molecule has 1 saturated carbocycles. The van der Waals surface area contributed by atoms with Crippen LogP contribution in [0.4, 0.5) is 0 Å². The lowest BCUT2D eigenvalue weighted by Gasteiger charge is -2.37. The third-order valence-corrected chi connectivity index (χ3v) is 6.86. The van der Waals surface area contributed by atoms with Crippen molar-refractivity contribution in [2.75, 3.05) is 6.54 Å². The van der Waals surface area contributed by atoms with Crippen LogP contribution in [-0.4, -0.2) is 22.1 Å². The Labute approximate surface area is 181 Å². The van der Waals surface area contributed by atoms with Crippen LogP contribution < -0.4 is 10.9 Å². The van der Waals surface area contributed by atoms with E-state index in [0.29, 0.717) is 27.9 Å². The lowest BCUT2D eigenvalue weighted by molar-refractivity contribution is 0.235. The van der Waals surface area contributed by atoms with E-state index in [2.05, 4.69) is 29.1 Å². The number of nitrogens with one attached hydrogen (secondary N) is 2. The Hall–Kier alpha value is -1.72. The van der Waals surface area contributed by atoms with E-state index in [4.69, 9.17) is 33.2 Å². The lowest BCUT2D eigenvalue weighted by atomic mass is 9.73. The quantitative estimate of drug-likeness (QED) is 0.586. The Morgan fingerprint density at radius 2 is 1.83 bits per heavy atom. The molecule has 1 aliphatic heterocycles. The molecule has 2 aliphatic rings. The van der Waals surface area contributed by atoms with Crippen LogP contribution in [0.3, 0.4) is 0 Å². The zero-order valence-electron chi connectivity index (χ0n) is 16.2. The van der Waals surface area contributed by atoms with Gasteiger partial charge in [-0.2, -0.15) is 0 Å². The number of hydrogen-bond donors (Lipinski definition) is 2. The van der Waals surface area contributed by atoms with Gasteiger partial charge in [-0.25, -0.2) is 4.98 Å². The molecule has 2 heterocycles. The van der Waals surface area contributed by atoms with Crippen LogP contribution in [0.15, 0.2) is 42.6 Å². The monoisotopic (exact) mass is 426 g/mol. The van der Waals surface area contributed by atoms with E-state index in [0.717, 1.165) is 28.8 Å². The predicted molar refractivity (Wildman–Crippen MR) is 119 cm³/mol. The first-order valence-corrected chi connectivity index (χ1v) is 11.1. The van der Waals surface area contributed by atoms with E-state index in [9.17, 15) is 0 Å². The number of aromatic nitrogens is 2. The molecule has 0 radical (unpaired) electrons. The molecule has 0 amide bonds. The average Bonchev–Trinajstić information content (AvgIpc) is 3.15. The fourth-order valence-corrected chi connectivity index (χ4v) is 5.47. The number of halogens is 2. The summed E-state index contributed by atoms with van der Waals surface area (Å²) in [7, 11) is 0. The van der Waals surface area contributed by atoms with Crippen molar-refractivity contribution in [3.05, 3.63) is 69.5 Å². The summed E-state index contributed by atoms with van der Waals surface area (Å²) < 4.78 is 0. The number of rotatable bonds is 3. The van der Waals surface area contributed by atoms with Gasteiger partial charge in [0.15, 0.2) is 0 Å². The first kappa shape index (κ1) is 19.3. The van der Waals surface area contributed by atoms with Crippen molar-refractivity contribution in [2.24, 2.45) is 0 Å². The van der Waals surface area contributed by atoms with Gasteiger partial charge in [0, 0.05) is 34.7 Å². The van der Waals surface area contributed by atoms with Gasteiger partial charge in [-0.15, -0.1) is 0 Å². The molecule has 0 unspecified atom stereocenters. The summed E-state index contributed by atoms with van der Waals surface area (Å²) in [4.78, 5) is 9.72. The summed E-state index contributed by atoms with van der Waals surface area (Å²) in [6.07, 6.45) is 8.53. The van der Waals surface area contributed by atoms with Crippen LogP contribution in [-0.2, 0) is 6.42 Å². The molecule has 2 aromatic carbocycles. The second-order valence-corrected chi connectivity index (χ2v) is 9.26. The number of hydrazine groups is 1. The van der Waals surface area contributed by atoms with Crippen LogP contribution in [0, 0.1) is 0 Å². The normalized spacial score (nSPS) is 24.4. The molecule has 150 valence electrons. The molecular weight excluding hydrogens is 403 g/mol. The minimum Gasteiger partial charge on any atom is -0.257 e. The van der Waals surface area contributed by atoms with Gasteiger partial charge in [0.05, 0.1) is 16.7 Å². The Bertz CT molecular complexity index is 1020. The highest BCUT2D eigenvalue weighted by atomic mass is 35.5. The SMILES string of the molecule is Clc1cc(Cl)cc(Cc2cnc3cccc(C4CCC5(CCNN5)CC4)c3n2)c1. The maximum absolute atomic E-state index is 6.16. The average molecular weight is 427 g/mol. The van der Waals surface area contributed by atoms with Gasteiger partial charge in [-0.1, -0.05) is 35.3 Å². The topological polar surface area (TPSA) is 49.8 Å². The first-order valence-electron chi connectivity index (χ1n) is 10.3. The van der Waals surface area contributed by atoms with Gasteiger partial charge < -0.3 is 0 Å². The number of para-hydroxylation sites is 1. The van der Waals surface area contributed by atoms with Crippen LogP contribution >= 0.6 is 23.2 Å². The van der Waals surface area contributed by atoms with E-state index in [1.807, 2.05) is 18.3 Å². The Morgan fingerprint density at radius 1 is 1.03 bits per heavy atom. The van der Waals surface area contributed by atoms with Gasteiger partial charge in [-0.05, 0) is 73.4 Å². The maximum atomic E-state index is 6.16. The van der Waals surface area contributed by atoms with Gasteiger partial charge in [0.2, 0.25) is 0 Å². The fraction of sp³-hybridized carbons (Fsp3) is 0.391. The fourth-order valence-electron chi connectivity index (χ4n) is 4.90. The summed E-state index contributed by atoms with van der Waals surface area (Å²) in [5.74, 6) is 0.539. The van der Waals surface area contributed by atoms with E-state index in [1.54, 1.807) is 6.07 Å². The van der Waals surface area contributed by atoms with Crippen molar-refractivity contribution >= 4 is 34.2 Å². The minimum atomic E-state index is 0.295. The van der Waals surface area contributed by atoms with E-state index >= 15 is 0 Å². The van der Waals surface area contributed by atoms with Crippen LogP contribution in [0.1, 0.15) is 54.8 Å². The molecule has 3 aromatic rings. The van der Waals surface area contributed by atoms with E-state index < -0.39 is 0 Å². The number of benzene rings is 2. The lowest BCUT2D eigenvalue weighted by Crippen LogP contribution is -2.46. The number of nitrogens with zero attached hydrogens (tertiary/aromatic N) is 2. The van der Waals surface area contributed by atoms with Crippen molar-refractivity contribution in [3.8, 4) is 0 Å². The Balaban J connectivity index is 1.43. The number of hydrogen-bond acceptors (Lipinski definition) is 4. The molecule has 29 heavy (non-hydrogen) atoms. The standard InChI is InChI=1S/C23H24Cl2N4/c24-17-10-15(11-18(25)13-17)12-19-14-26-21-3-1-2-20(22(21)28-19)16-4-6-23(7-5-16)8-9-27-29-23/h1-3,10-11,13-14,16,27,29H,4-9,12H2. The summed E-state index contributed by atoms with van der Waals surface area (Å²) >= 11 is 12.3. The highest BCUT2D eigenvalue weighted by Crippen LogP contribution is 2.41.